The van der Waals surface area contributed by atoms with Crippen LogP contribution in [-0.2, 0) is 13.0 Å². The fourth-order valence-corrected chi connectivity index (χ4v) is 2.18. The van der Waals surface area contributed by atoms with Crippen LogP contribution >= 0.6 is 23.2 Å². The summed E-state index contributed by atoms with van der Waals surface area (Å²) in [6.45, 7) is 1.07. The number of halogens is 2. The molecule has 4 heteroatoms. The first kappa shape index (κ1) is 14.2. The van der Waals surface area contributed by atoms with E-state index >= 15 is 0 Å². The van der Waals surface area contributed by atoms with Crippen LogP contribution < -0.4 is 10.5 Å². The van der Waals surface area contributed by atoms with Gasteiger partial charge in [0, 0.05) is 11.1 Å². The van der Waals surface area contributed by atoms with Crippen LogP contribution in [0.3, 0.4) is 0 Å². The van der Waals surface area contributed by atoms with E-state index in [9.17, 15) is 0 Å². The second-order valence-electron chi connectivity index (χ2n) is 4.17. The minimum Gasteiger partial charge on any atom is -0.487 e. The van der Waals surface area contributed by atoms with Gasteiger partial charge in [0.25, 0.3) is 0 Å². The van der Waals surface area contributed by atoms with Gasteiger partial charge >= 0.3 is 0 Å². The second kappa shape index (κ2) is 6.80. The fraction of sp³-hybridized carbons (Fsp3) is 0.200. The molecule has 0 bridgehead atoms. The molecule has 0 heterocycles. The largest absolute Gasteiger partial charge is 0.487 e. The predicted octanol–water partition coefficient (Wildman–Crippen LogP) is 4.07. The van der Waals surface area contributed by atoms with Gasteiger partial charge in [-0.3, -0.25) is 0 Å². The number of benzene rings is 2. The van der Waals surface area contributed by atoms with Crippen molar-refractivity contribution in [3.63, 3.8) is 0 Å². The number of hydrogen-bond acceptors (Lipinski definition) is 2. The van der Waals surface area contributed by atoms with E-state index in [1.165, 1.54) is 5.56 Å². The van der Waals surface area contributed by atoms with E-state index in [0.29, 0.717) is 28.9 Å². The summed E-state index contributed by atoms with van der Waals surface area (Å²) in [7, 11) is 0. The Morgan fingerprint density at radius 1 is 1.00 bits per heavy atom. The zero-order chi connectivity index (χ0) is 13.7. The molecule has 2 aromatic rings. The van der Waals surface area contributed by atoms with Crippen molar-refractivity contribution < 1.29 is 4.74 Å². The van der Waals surface area contributed by atoms with Crippen molar-refractivity contribution >= 4 is 23.2 Å². The molecule has 0 unspecified atom stereocenters. The van der Waals surface area contributed by atoms with E-state index in [4.69, 9.17) is 33.7 Å². The summed E-state index contributed by atoms with van der Waals surface area (Å²) in [5.74, 6) is 0.594. The Labute approximate surface area is 123 Å². The molecule has 2 N–H and O–H groups in total. The third-order valence-electron chi connectivity index (χ3n) is 2.81. The van der Waals surface area contributed by atoms with Crippen LogP contribution in [-0.4, -0.2) is 6.54 Å². The highest BCUT2D eigenvalue weighted by Crippen LogP contribution is 2.28. The van der Waals surface area contributed by atoms with Crippen LogP contribution in [0, 0.1) is 0 Å². The minimum absolute atomic E-state index is 0.455. The van der Waals surface area contributed by atoms with Gasteiger partial charge in [-0.2, -0.15) is 0 Å². The van der Waals surface area contributed by atoms with Crippen LogP contribution in [0.5, 0.6) is 5.75 Å². The lowest BCUT2D eigenvalue weighted by Crippen LogP contribution is -2.07. The summed E-state index contributed by atoms with van der Waals surface area (Å²) in [6.07, 6.45) is 0.836. The molecule has 0 aromatic heterocycles. The highest BCUT2D eigenvalue weighted by Gasteiger charge is 2.05. The molecule has 0 radical (unpaired) electrons. The zero-order valence-corrected chi connectivity index (χ0v) is 11.9. The third kappa shape index (κ3) is 3.87. The Hall–Kier alpha value is -1.22. The molecule has 100 valence electrons. The molecule has 0 fully saturated rings. The van der Waals surface area contributed by atoms with Crippen molar-refractivity contribution in [2.24, 2.45) is 5.73 Å². The lowest BCUT2D eigenvalue weighted by Gasteiger charge is -2.11. The summed E-state index contributed by atoms with van der Waals surface area (Å²) in [5, 5.41) is 1.16. The van der Waals surface area contributed by atoms with Gasteiger partial charge in [0.05, 0.1) is 5.02 Å². The second-order valence-corrected chi connectivity index (χ2v) is 5.01. The Bertz CT molecular complexity index is 558. The molecule has 0 aliphatic carbocycles. The summed E-state index contributed by atoms with van der Waals surface area (Å²) in [4.78, 5) is 0. The van der Waals surface area contributed by atoms with Gasteiger partial charge in [-0.15, -0.1) is 0 Å². The summed E-state index contributed by atoms with van der Waals surface area (Å²) in [6, 6.07) is 13.3. The van der Waals surface area contributed by atoms with Crippen LogP contribution in [0.1, 0.15) is 11.1 Å². The first-order valence-corrected chi connectivity index (χ1v) is 6.81. The normalized spacial score (nSPS) is 10.5. The molecule has 0 atom stereocenters. The van der Waals surface area contributed by atoms with E-state index in [0.717, 1.165) is 12.0 Å². The highest BCUT2D eigenvalue weighted by atomic mass is 35.5. The van der Waals surface area contributed by atoms with Crippen LogP contribution in [0.15, 0.2) is 42.5 Å². The quantitative estimate of drug-likeness (QED) is 0.902. The highest BCUT2D eigenvalue weighted by molar-refractivity contribution is 6.34. The molecule has 0 aliphatic heterocycles. The molecular weight excluding hydrogens is 281 g/mol. The van der Waals surface area contributed by atoms with E-state index in [2.05, 4.69) is 6.07 Å². The standard InChI is InChI=1S/C15H15Cl2NO/c16-13-5-6-14(17)15(9-13)19-10-12-4-2-1-3-11(12)7-8-18/h1-6,9H,7-8,10,18H2. The fourth-order valence-electron chi connectivity index (χ4n) is 1.84. The first-order valence-electron chi connectivity index (χ1n) is 6.05. The van der Waals surface area contributed by atoms with E-state index < -0.39 is 0 Å². The maximum absolute atomic E-state index is 6.06. The Morgan fingerprint density at radius 2 is 1.74 bits per heavy atom. The maximum atomic E-state index is 6.06. The lowest BCUT2D eigenvalue weighted by molar-refractivity contribution is 0.305. The first-order chi connectivity index (χ1) is 9.20. The number of ether oxygens (including phenoxy) is 1. The van der Waals surface area contributed by atoms with Crippen molar-refractivity contribution in [1.29, 1.82) is 0 Å². The molecule has 0 spiro atoms. The SMILES string of the molecule is NCCc1ccccc1COc1cc(Cl)ccc1Cl. The molecule has 2 rings (SSSR count). The predicted molar refractivity (Wildman–Crippen MR) is 80.0 cm³/mol. The van der Waals surface area contributed by atoms with Gasteiger partial charge in [-0.1, -0.05) is 47.5 Å². The number of rotatable bonds is 5. The molecule has 0 saturated heterocycles. The maximum Gasteiger partial charge on any atom is 0.139 e. The van der Waals surface area contributed by atoms with Crippen LogP contribution in [0.2, 0.25) is 10.0 Å². The van der Waals surface area contributed by atoms with Crippen molar-refractivity contribution in [3.05, 3.63) is 63.6 Å². The van der Waals surface area contributed by atoms with Crippen molar-refractivity contribution in [3.8, 4) is 5.75 Å². The van der Waals surface area contributed by atoms with E-state index in [1.807, 2.05) is 18.2 Å². The molecule has 19 heavy (non-hydrogen) atoms. The molecular formula is C15H15Cl2NO. The van der Waals surface area contributed by atoms with Gasteiger partial charge in [-0.25, -0.2) is 0 Å². The Morgan fingerprint density at radius 3 is 2.47 bits per heavy atom. The van der Waals surface area contributed by atoms with Gasteiger partial charge in [0.2, 0.25) is 0 Å². The smallest absolute Gasteiger partial charge is 0.139 e. The van der Waals surface area contributed by atoms with Gasteiger partial charge in [0.15, 0.2) is 0 Å². The summed E-state index contributed by atoms with van der Waals surface area (Å²) >= 11 is 12.0. The number of nitrogens with two attached hydrogens (primary N) is 1. The average molecular weight is 296 g/mol. The monoisotopic (exact) mass is 295 g/mol. The molecule has 0 amide bonds. The Balaban J connectivity index is 2.12. The molecule has 0 aliphatic rings. The van der Waals surface area contributed by atoms with Crippen LogP contribution in [0.4, 0.5) is 0 Å². The number of hydrogen-bond donors (Lipinski definition) is 1. The summed E-state index contributed by atoms with van der Waals surface area (Å²) in [5.41, 5.74) is 7.91. The van der Waals surface area contributed by atoms with Crippen molar-refractivity contribution in [1.82, 2.24) is 0 Å². The minimum atomic E-state index is 0.455. The molecule has 2 aromatic carbocycles. The molecule has 0 saturated carbocycles. The average Bonchev–Trinajstić information content (AvgIpc) is 2.42. The lowest BCUT2D eigenvalue weighted by atomic mass is 10.1. The van der Waals surface area contributed by atoms with Gasteiger partial charge in [0.1, 0.15) is 12.4 Å². The Kier molecular flexibility index (Phi) is 5.08. The van der Waals surface area contributed by atoms with E-state index in [-0.39, 0.29) is 0 Å². The van der Waals surface area contributed by atoms with Gasteiger partial charge in [-0.05, 0) is 36.2 Å². The van der Waals surface area contributed by atoms with Crippen molar-refractivity contribution in [2.45, 2.75) is 13.0 Å². The topological polar surface area (TPSA) is 35.2 Å². The molecule has 2 nitrogen and oxygen atoms in total. The van der Waals surface area contributed by atoms with Crippen LogP contribution in [0.25, 0.3) is 0 Å². The summed E-state index contributed by atoms with van der Waals surface area (Å²) < 4.78 is 5.73. The third-order valence-corrected chi connectivity index (χ3v) is 3.36. The van der Waals surface area contributed by atoms with E-state index in [1.54, 1.807) is 18.2 Å². The van der Waals surface area contributed by atoms with Gasteiger partial charge < -0.3 is 10.5 Å². The van der Waals surface area contributed by atoms with Crippen molar-refractivity contribution in [2.75, 3.05) is 6.54 Å². The zero-order valence-electron chi connectivity index (χ0n) is 10.4.